The van der Waals surface area contributed by atoms with E-state index >= 15 is 0 Å². The van der Waals surface area contributed by atoms with Gasteiger partial charge in [-0.1, -0.05) is 6.07 Å². The molecule has 19 heavy (non-hydrogen) atoms. The summed E-state index contributed by atoms with van der Waals surface area (Å²) in [6.45, 7) is 3.35. The minimum absolute atomic E-state index is 0.0846. The first-order chi connectivity index (χ1) is 8.95. The molecule has 0 fully saturated rings. The summed E-state index contributed by atoms with van der Waals surface area (Å²) in [5, 5.41) is 4.16. The number of nitrogens with two attached hydrogens (primary N) is 1. The molecule has 1 aromatic heterocycles. The van der Waals surface area contributed by atoms with E-state index in [1.807, 2.05) is 0 Å². The molecule has 0 saturated carbocycles. The Morgan fingerprint density at radius 2 is 2.00 bits per heavy atom. The predicted octanol–water partition coefficient (Wildman–Crippen LogP) is 1.87. The Bertz CT molecular complexity index is 607. The molecule has 0 aliphatic carbocycles. The number of nitrogens with one attached hydrogen (secondary N) is 1. The van der Waals surface area contributed by atoms with Crippen LogP contribution in [0.1, 0.15) is 28.4 Å². The third-order valence-electron chi connectivity index (χ3n) is 3.14. The Morgan fingerprint density at radius 1 is 1.32 bits per heavy atom. The first-order valence-corrected chi connectivity index (χ1v) is 5.86. The Morgan fingerprint density at radius 3 is 2.53 bits per heavy atom. The van der Waals surface area contributed by atoms with Crippen LogP contribution in [0, 0.1) is 25.5 Å². The topological polar surface area (TPSA) is 55.9 Å². The van der Waals surface area contributed by atoms with Crippen LogP contribution in [0.15, 0.2) is 18.3 Å². The highest BCUT2D eigenvalue weighted by atomic mass is 19.1. The molecule has 3 N–H and O–H groups in total. The van der Waals surface area contributed by atoms with Gasteiger partial charge in [-0.15, -0.1) is 0 Å². The van der Waals surface area contributed by atoms with E-state index in [2.05, 4.69) is 10.5 Å². The molecule has 2 aromatic rings. The molecule has 0 amide bonds. The molecule has 0 aliphatic heterocycles. The van der Waals surface area contributed by atoms with E-state index in [1.54, 1.807) is 31.8 Å². The lowest BCUT2D eigenvalue weighted by Crippen LogP contribution is -2.30. The predicted molar refractivity (Wildman–Crippen MR) is 68.2 cm³/mol. The lowest BCUT2D eigenvalue weighted by atomic mass is 9.97. The van der Waals surface area contributed by atoms with E-state index in [0.29, 0.717) is 16.8 Å². The van der Waals surface area contributed by atoms with Crippen molar-refractivity contribution in [2.45, 2.75) is 19.9 Å². The van der Waals surface area contributed by atoms with Crippen molar-refractivity contribution in [1.29, 1.82) is 0 Å². The smallest absolute Gasteiger partial charge is 0.134 e. The average Bonchev–Trinajstić information content (AvgIpc) is 2.69. The van der Waals surface area contributed by atoms with Crippen LogP contribution in [0.5, 0.6) is 0 Å². The van der Waals surface area contributed by atoms with Crippen molar-refractivity contribution >= 4 is 0 Å². The number of aryl methyl sites for hydroxylation is 3. The van der Waals surface area contributed by atoms with Gasteiger partial charge < -0.3 is 0 Å². The number of halogens is 2. The monoisotopic (exact) mass is 266 g/mol. The molecule has 0 saturated heterocycles. The Kier molecular flexibility index (Phi) is 3.64. The summed E-state index contributed by atoms with van der Waals surface area (Å²) in [5.74, 6) is 4.26. The largest absolute Gasteiger partial charge is 0.275 e. The van der Waals surface area contributed by atoms with Gasteiger partial charge in [-0.25, -0.2) is 14.2 Å². The van der Waals surface area contributed by atoms with Crippen molar-refractivity contribution in [2.24, 2.45) is 12.9 Å². The maximum absolute atomic E-state index is 14.2. The molecule has 0 aliphatic rings. The van der Waals surface area contributed by atoms with E-state index in [0.717, 1.165) is 0 Å². The Labute approximate surface area is 110 Å². The molecular formula is C13H16F2N4. The SMILES string of the molecule is Cc1ccc(F)c(C(NN)c2cn(C)nc2C)c1F. The van der Waals surface area contributed by atoms with E-state index in [9.17, 15) is 8.78 Å². The summed E-state index contributed by atoms with van der Waals surface area (Å²) in [6.07, 6.45) is 1.70. The van der Waals surface area contributed by atoms with Crippen LogP contribution in [0.2, 0.25) is 0 Å². The first-order valence-electron chi connectivity index (χ1n) is 5.86. The highest BCUT2D eigenvalue weighted by molar-refractivity contribution is 5.37. The summed E-state index contributed by atoms with van der Waals surface area (Å²) in [6, 6.07) is 1.87. The van der Waals surface area contributed by atoms with Crippen molar-refractivity contribution in [3.8, 4) is 0 Å². The maximum Gasteiger partial charge on any atom is 0.134 e. The molecule has 1 aromatic carbocycles. The third-order valence-corrected chi connectivity index (χ3v) is 3.14. The van der Waals surface area contributed by atoms with Gasteiger partial charge in [0.25, 0.3) is 0 Å². The second-order valence-electron chi connectivity index (χ2n) is 4.54. The normalized spacial score (nSPS) is 12.7. The first kappa shape index (κ1) is 13.6. The molecular weight excluding hydrogens is 250 g/mol. The average molecular weight is 266 g/mol. The van der Waals surface area contributed by atoms with Gasteiger partial charge in [-0.2, -0.15) is 5.10 Å². The molecule has 1 heterocycles. The van der Waals surface area contributed by atoms with Crippen LogP contribution in [-0.4, -0.2) is 9.78 Å². The van der Waals surface area contributed by atoms with Gasteiger partial charge in [-0.3, -0.25) is 10.5 Å². The van der Waals surface area contributed by atoms with Crippen LogP contribution in [-0.2, 0) is 7.05 Å². The summed E-state index contributed by atoms with van der Waals surface area (Å²) >= 11 is 0. The number of hydrogen-bond donors (Lipinski definition) is 2. The van der Waals surface area contributed by atoms with Crippen molar-refractivity contribution in [2.75, 3.05) is 0 Å². The Hall–Kier alpha value is -1.79. The summed E-state index contributed by atoms with van der Waals surface area (Å²) in [7, 11) is 1.74. The molecule has 6 heteroatoms. The van der Waals surface area contributed by atoms with Gasteiger partial charge in [-0.05, 0) is 25.5 Å². The van der Waals surface area contributed by atoms with Crippen LogP contribution in [0.25, 0.3) is 0 Å². The van der Waals surface area contributed by atoms with Gasteiger partial charge in [0.15, 0.2) is 0 Å². The van der Waals surface area contributed by atoms with E-state index in [4.69, 9.17) is 5.84 Å². The van der Waals surface area contributed by atoms with Gasteiger partial charge in [0, 0.05) is 24.4 Å². The van der Waals surface area contributed by atoms with Gasteiger partial charge in [0.1, 0.15) is 11.6 Å². The maximum atomic E-state index is 14.2. The zero-order valence-electron chi connectivity index (χ0n) is 11.0. The summed E-state index contributed by atoms with van der Waals surface area (Å²) in [5.41, 5.74) is 4.07. The fourth-order valence-electron chi connectivity index (χ4n) is 2.17. The van der Waals surface area contributed by atoms with Crippen LogP contribution in [0.4, 0.5) is 8.78 Å². The summed E-state index contributed by atoms with van der Waals surface area (Å²) < 4.78 is 29.7. The van der Waals surface area contributed by atoms with E-state index in [-0.39, 0.29) is 5.56 Å². The van der Waals surface area contributed by atoms with E-state index in [1.165, 1.54) is 12.1 Å². The molecule has 102 valence electrons. The van der Waals surface area contributed by atoms with E-state index < -0.39 is 17.7 Å². The second-order valence-corrected chi connectivity index (χ2v) is 4.54. The van der Waals surface area contributed by atoms with Crippen molar-refractivity contribution in [3.05, 3.63) is 52.3 Å². The molecule has 0 bridgehead atoms. The van der Waals surface area contributed by atoms with Crippen LogP contribution < -0.4 is 11.3 Å². The number of hydrazine groups is 1. The minimum atomic E-state index is -0.770. The van der Waals surface area contributed by atoms with Crippen molar-refractivity contribution < 1.29 is 8.78 Å². The highest BCUT2D eigenvalue weighted by Gasteiger charge is 2.25. The third kappa shape index (κ3) is 2.36. The molecule has 2 rings (SSSR count). The minimum Gasteiger partial charge on any atom is -0.275 e. The highest BCUT2D eigenvalue weighted by Crippen LogP contribution is 2.29. The Balaban J connectivity index is 2.61. The quantitative estimate of drug-likeness (QED) is 0.658. The van der Waals surface area contributed by atoms with Crippen LogP contribution >= 0.6 is 0 Å². The fourth-order valence-corrected chi connectivity index (χ4v) is 2.17. The number of benzene rings is 1. The molecule has 0 spiro atoms. The molecule has 4 nitrogen and oxygen atoms in total. The van der Waals surface area contributed by atoms with Crippen molar-refractivity contribution in [3.63, 3.8) is 0 Å². The summed E-state index contributed by atoms with van der Waals surface area (Å²) in [4.78, 5) is 0. The second kappa shape index (κ2) is 5.07. The number of aromatic nitrogens is 2. The fraction of sp³-hybridized carbons (Fsp3) is 0.308. The molecule has 1 atom stereocenters. The number of rotatable bonds is 3. The standard InChI is InChI=1S/C13H16F2N4/c1-7-4-5-10(14)11(12(7)15)13(17-16)9-6-19(3)18-8(9)2/h4-6,13,17H,16H2,1-3H3. The van der Waals surface area contributed by atoms with Crippen LogP contribution in [0.3, 0.4) is 0 Å². The van der Waals surface area contributed by atoms with Gasteiger partial charge in [0.05, 0.1) is 11.7 Å². The van der Waals surface area contributed by atoms with Crippen molar-refractivity contribution in [1.82, 2.24) is 15.2 Å². The molecule has 0 radical (unpaired) electrons. The zero-order chi connectivity index (χ0) is 14.2. The van der Waals surface area contributed by atoms with Gasteiger partial charge >= 0.3 is 0 Å². The van der Waals surface area contributed by atoms with Gasteiger partial charge in [0.2, 0.25) is 0 Å². The number of nitrogens with zero attached hydrogens (tertiary/aromatic N) is 2. The lowest BCUT2D eigenvalue weighted by molar-refractivity contribution is 0.505. The molecule has 1 unspecified atom stereocenters. The zero-order valence-corrected chi connectivity index (χ0v) is 11.0. The number of hydrogen-bond acceptors (Lipinski definition) is 3. The lowest BCUT2D eigenvalue weighted by Gasteiger charge is -2.18.